The number of hydrogen-bond donors (Lipinski definition) is 4. The van der Waals surface area contributed by atoms with Crippen molar-refractivity contribution in [2.45, 2.75) is 36.9 Å². The monoisotopic (exact) mass is 562 g/mol. The molecule has 14 N–H and O–H groups in total. The van der Waals surface area contributed by atoms with Gasteiger partial charge in [-0.2, -0.15) is 0 Å². The van der Waals surface area contributed by atoms with Crippen LogP contribution in [0.25, 0.3) is 0 Å². The maximum atomic E-state index is 10.3. The summed E-state index contributed by atoms with van der Waals surface area (Å²) in [4.78, 5) is 60.3. The molecular weight excluding hydrogens is 540 g/mol. The molecule has 0 aromatic carbocycles. The summed E-state index contributed by atoms with van der Waals surface area (Å²) in [5, 5.41) is 74.4. The number of aliphatic carboxylic acids is 6. The number of carbonyl (C=O) groups excluding carboxylic acids is 4. The molecule has 0 spiro atoms. The summed E-state index contributed by atoms with van der Waals surface area (Å²) < 4.78 is 0. The molecule has 0 saturated heterocycles. The van der Waals surface area contributed by atoms with Crippen LogP contribution >= 0.6 is 0 Å². The van der Waals surface area contributed by atoms with Gasteiger partial charge in [0, 0.05) is 49.6 Å². The van der Waals surface area contributed by atoms with Crippen molar-refractivity contribution >= 4 is 35.8 Å². The molecule has 0 radical (unpaired) electrons. The van der Waals surface area contributed by atoms with Gasteiger partial charge in [0.25, 0.3) is 0 Å². The molecule has 23 heteroatoms. The van der Waals surface area contributed by atoms with Gasteiger partial charge in [0.1, 0.15) is 0 Å². The fourth-order valence-corrected chi connectivity index (χ4v) is 1.38. The second kappa shape index (κ2) is 32.6. The minimum Gasteiger partial charge on any atom is -0.550 e. The number of carboxylic acid groups (broad SMARTS) is 6. The zero-order valence-corrected chi connectivity index (χ0v) is 27.2. The van der Waals surface area contributed by atoms with E-state index in [1.54, 1.807) is 0 Å². The van der Waals surface area contributed by atoms with Gasteiger partial charge < -0.3 is 87.4 Å². The molecule has 188 valence electrons. The van der Waals surface area contributed by atoms with Gasteiger partial charge in [-0.1, -0.05) is 0 Å². The molecule has 0 amide bonds. The Labute approximate surface area is 284 Å². The molecule has 0 unspecified atom stereocenters. The topological polar surface area (TPSA) is 433 Å². The molecule has 0 aromatic rings. The summed E-state index contributed by atoms with van der Waals surface area (Å²) in [6, 6.07) is 0. The Morgan fingerprint density at radius 3 is 0.629 bits per heavy atom. The Morgan fingerprint density at radius 2 is 0.571 bits per heavy atom. The maximum absolute atomic E-state index is 10.3. The van der Waals surface area contributed by atoms with Gasteiger partial charge in [-0.25, -0.2) is 9.59 Å². The van der Waals surface area contributed by atoms with Crippen molar-refractivity contribution in [1.29, 1.82) is 0 Å². The minimum atomic E-state index is -2.86. The number of rotatable bonds is 10. The Balaban J connectivity index is -0.0000000291. The number of aliphatic hydroxyl groups is 2. The Morgan fingerprint density at radius 1 is 0.457 bits per heavy atom. The van der Waals surface area contributed by atoms with E-state index in [-0.39, 0.29) is 146 Å². The molecule has 0 heterocycles. The van der Waals surface area contributed by atoms with E-state index >= 15 is 0 Å². The third kappa shape index (κ3) is 34.5. The van der Waals surface area contributed by atoms with E-state index < -0.39 is 72.7 Å². The molecule has 0 rings (SSSR count). The SMILES string of the molecule is O.O.O.O.O.O=C([O-])CC(O)(CC(=O)[O-])C(=O)O.O=C([O-])CC(O)(CC(=O)[O-])C(=O)O.[Na+].[Na+].[Na+].[Na+]. The van der Waals surface area contributed by atoms with Gasteiger partial charge in [-0.05, 0) is 0 Å². The predicted octanol–water partition coefficient (Wildman–Crippen LogP) is -23.9. The van der Waals surface area contributed by atoms with Crippen LogP contribution in [0.15, 0.2) is 0 Å². The van der Waals surface area contributed by atoms with E-state index in [0.717, 1.165) is 0 Å². The third-order valence-electron chi connectivity index (χ3n) is 2.54. The van der Waals surface area contributed by atoms with Gasteiger partial charge in [0.2, 0.25) is 0 Å². The summed E-state index contributed by atoms with van der Waals surface area (Å²) in [5.41, 5.74) is -5.73. The second-order valence-electron chi connectivity index (χ2n) is 4.87. The smallest absolute Gasteiger partial charge is 0.550 e. The normalized spacial score (nSPS) is 8.06. The van der Waals surface area contributed by atoms with Gasteiger partial charge in [0.15, 0.2) is 11.2 Å². The van der Waals surface area contributed by atoms with Crippen LogP contribution in [0.5, 0.6) is 0 Å². The first-order valence-electron chi connectivity index (χ1n) is 6.26. The Bertz CT molecular complexity index is 529. The molecule has 0 atom stereocenters. The Kier molecular flexibility index (Phi) is 65.5. The van der Waals surface area contributed by atoms with Crippen LogP contribution in [0, 0.1) is 0 Å². The predicted molar refractivity (Wildman–Crippen MR) is 81.7 cm³/mol. The average Bonchev–Trinajstić information content (AvgIpc) is 2.34. The number of carboxylic acids is 6. The summed E-state index contributed by atoms with van der Waals surface area (Å²) >= 11 is 0. The van der Waals surface area contributed by atoms with Crippen LogP contribution in [0.4, 0.5) is 0 Å². The Hall–Kier alpha value is 0.540. The molecule has 0 aliphatic rings. The molecule has 0 aromatic heterocycles. The van der Waals surface area contributed by atoms with Gasteiger partial charge in [-0.15, -0.1) is 0 Å². The van der Waals surface area contributed by atoms with E-state index in [4.69, 9.17) is 20.4 Å². The molecule has 19 nitrogen and oxygen atoms in total. The number of hydrogen-bond acceptors (Lipinski definition) is 12. The van der Waals surface area contributed by atoms with Crippen molar-refractivity contribution in [3.63, 3.8) is 0 Å². The fraction of sp³-hybridized carbons (Fsp3) is 0.500. The van der Waals surface area contributed by atoms with E-state index in [1.165, 1.54) is 0 Å². The molecule has 0 aliphatic heterocycles. The largest absolute Gasteiger partial charge is 1.00 e. The standard InChI is InChI=1S/2C6H8O7.4Na.5H2O/c2*7-3(8)1-6(13,5(11)12)2-4(9)10;;;;;;;;;/h2*13H,1-2H2,(H,7,8)(H,9,10)(H,11,12);;;;;5*1H2/q;;4*+1;;;;;/p-4. The molecule has 0 aliphatic carbocycles. The molecule has 0 fully saturated rings. The first-order valence-corrected chi connectivity index (χ1v) is 6.26. The summed E-state index contributed by atoms with van der Waals surface area (Å²) in [5.74, 6) is -11.3. The van der Waals surface area contributed by atoms with Gasteiger partial charge in [-0.3, -0.25) is 0 Å². The van der Waals surface area contributed by atoms with Crippen molar-refractivity contribution in [2.75, 3.05) is 0 Å². The van der Waals surface area contributed by atoms with Crippen molar-refractivity contribution in [1.82, 2.24) is 0 Å². The zero-order valence-electron chi connectivity index (χ0n) is 19.2. The van der Waals surface area contributed by atoms with Gasteiger partial charge >= 0.3 is 130 Å². The van der Waals surface area contributed by atoms with E-state index in [9.17, 15) is 49.2 Å². The van der Waals surface area contributed by atoms with Gasteiger partial charge in [0.05, 0.1) is 0 Å². The summed E-state index contributed by atoms with van der Waals surface area (Å²) in [6.45, 7) is 0. The summed E-state index contributed by atoms with van der Waals surface area (Å²) in [7, 11) is 0. The van der Waals surface area contributed by atoms with Crippen molar-refractivity contribution < 1.29 is 215 Å². The molecule has 0 bridgehead atoms. The molecular formula is C12H22Na4O19. The maximum Gasteiger partial charge on any atom is 1.00 e. The second-order valence-corrected chi connectivity index (χ2v) is 4.87. The van der Waals surface area contributed by atoms with Crippen LogP contribution in [0.1, 0.15) is 25.7 Å². The fourth-order valence-electron chi connectivity index (χ4n) is 1.38. The first-order chi connectivity index (χ1) is 11.6. The molecule has 35 heavy (non-hydrogen) atoms. The number of carbonyl (C=O) groups is 6. The first kappa shape index (κ1) is 70.4. The van der Waals surface area contributed by atoms with Crippen LogP contribution in [0.3, 0.4) is 0 Å². The van der Waals surface area contributed by atoms with E-state index in [1.807, 2.05) is 0 Å². The quantitative estimate of drug-likeness (QED) is 0.180. The average molecular weight is 562 g/mol. The zero-order chi connectivity index (χ0) is 21.3. The van der Waals surface area contributed by atoms with Crippen LogP contribution < -0.4 is 139 Å². The van der Waals surface area contributed by atoms with Crippen LogP contribution in [-0.4, -0.2) is 94.8 Å². The third-order valence-corrected chi connectivity index (χ3v) is 2.54. The van der Waals surface area contributed by atoms with Crippen molar-refractivity contribution in [3.8, 4) is 0 Å². The molecule has 0 saturated carbocycles. The van der Waals surface area contributed by atoms with Crippen LogP contribution in [0.2, 0.25) is 0 Å². The van der Waals surface area contributed by atoms with E-state index in [0.29, 0.717) is 0 Å². The van der Waals surface area contributed by atoms with Crippen molar-refractivity contribution in [2.24, 2.45) is 0 Å². The van der Waals surface area contributed by atoms with Crippen LogP contribution in [-0.2, 0) is 28.8 Å². The van der Waals surface area contributed by atoms with E-state index in [2.05, 4.69) is 0 Å². The summed E-state index contributed by atoms with van der Waals surface area (Å²) in [6.07, 6.45) is -5.18. The van der Waals surface area contributed by atoms with Crippen molar-refractivity contribution in [3.05, 3.63) is 0 Å². The minimum absolute atomic E-state index is 0.